The summed E-state index contributed by atoms with van der Waals surface area (Å²) in [7, 11) is 0. The predicted molar refractivity (Wildman–Crippen MR) is 95.6 cm³/mol. The molecule has 1 saturated carbocycles. The molecule has 0 aromatic carbocycles. The molecule has 2 fully saturated rings. The van der Waals surface area contributed by atoms with Crippen LogP contribution in [-0.2, 0) is 9.59 Å². The molecule has 2 aliphatic rings. The molecule has 0 radical (unpaired) electrons. The van der Waals surface area contributed by atoms with Gasteiger partial charge in [-0.25, -0.2) is 9.07 Å². The van der Waals surface area contributed by atoms with Gasteiger partial charge in [-0.2, -0.15) is 0 Å². The molecule has 8 nitrogen and oxygen atoms in total. The molecule has 27 heavy (non-hydrogen) atoms. The number of likely N-dealkylation sites (tertiary alicyclic amines) is 1. The number of nitrogens with zero attached hydrogens (tertiary/aromatic N) is 4. The van der Waals surface area contributed by atoms with Gasteiger partial charge in [0.25, 0.3) is 0 Å². The van der Waals surface area contributed by atoms with Gasteiger partial charge < -0.3 is 15.3 Å². The molecule has 1 aromatic rings. The number of carbonyl (C=O) groups is 2. The SMILES string of the molecule is CC(C)(C)[C@@H](C(=O)N1CC(O)CC1C(=O)NCCF)n1cc(C2CC2)nn1. The Balaban J connectivity index is 1.84. The number of aliphatic hydroxyl groups excluding tert-OH is 1. The van der Waals surface area contributed by atoms with E-state index in [1.807, 2.05) is 27.0 Å². The molecule has 0 bridgehead atoms. The van der Waals surface area contributed by atoms with Crippen LogP contribution in [0, 0.1) is 5.41 Å². The maximum atomic E-state index is 13.4. The Morgan fingerprint density at radius 3 is 2.70 bits per heavy atom. The highest BCUT2D eigenvalue weighted by molar-refractivity contribution is 5.90. The van der Waals surface area contributed by atoms with Crippen molar-refractivity contribution in [1.82, 2.24) is 25.2 Å². The molecule has 2 N–H and O–H groups in total. The highest BCUT2D eigenvalue weighted by atomic mass is 19.1. The largest absolute Gasteiger partial charge is 0.391 e. The molecule has 1 aliphatic carbocycles. The Hall–Kier alpha value is -2.03. The molecular formula is C18H28FN5O3. The van der Waals surface area contributed by atoms with Crippen LogP contribution in [0.2, 0.25) is 0 Å². The van der Waals surface area contributed by atoms with Crippen LogP contribution >= 0.6 is 0 Å². The van der Waals surface area contributed by atoms with Crippen LogP contribution in [0.15, 0.2) is 6.20 Å². The number of aromatic nitrogens is 3. The molecule has 2 heterocycles. The van der Waals surface area contributed by atoms with E-state index in [0.717, 1.165) is 18.5 Å². The minimum Gasteiger partial charge on any atom is -0.391 e. The number of aliphatic hydroxyl groups is 1. The lowest BCUT2D eigenvalue weighted by atomic mass is 9.85. The van der Waals surface area contributed by atoms with Crippen LogP contribution < -0.4 is 5.32 Å². The zero-order valence-corrected chi connectivity index (χ0v) is 16.1. The van der Waals surface area contributed by atoms with E-state index >= 15 is 0 Å². The molecule has 150 valence electrons. The van der Waals surface area contributed by atoms with Gasteiger partial charge in [0.15, 0.2) is 0 Å². The Labute approximate surface area is 158 Å². The van der Waals surface area contributed by atoms with E-state index in [9.17, 15) is 19.1 Å². The van der Waals surface area contributed by atoms with Crippen molar-refractivity contribution in [3.05, 3.63) is 11.9 Å². The first kappa shape index (κ1) is 19.7. The lowest BCUT2D eigenvalue weighted by Gasteiger charge is -2.34. The van der Waals surface area contributed by atoms with Gasteiger partial charge in [0.2, 0.25) is 11.8 Å². The first-order valence-corrected chi connectivity index (χ1v) is 9.46. The first-order valence-electron chi connectivity index (χ1n) is 9.46. The van der Waals surface area contributed by atoms with E-state index in [1.165, 1.54) is 4.90 Å². The molecule has 1 aliphatic heterocycles. The van der Waals surface area contributed by atoms with Crippen molar-refractivity contribution in [2.75, 3.05) is 19.8 Å². The number of hydrogen-bond acceptors (Lipinski definition) is 5. The summed E-state index contributed by atoms with van der Waals surface area (Å²) in [6.07, 6.45) is 3.35. The van der Waals surface area contributed by atoms with Gasteiger partial charge in [-0.1, -0.05) is 26.0 Å². The fourth-order valence-corrected chi connectivity index (χ4v) is 3.61. The summed E-state index contributed by atoms with van der Waals surface area (Å²) >= 11 is 0. The molecular weight excluding hydrogens is 353 g/mol. The molecule has 2 amide bonds. The molecule has 2 unspecified atom stereocenters. The van der Waals surface area contributed by atoms with Gasteiger partial charge in [-0.15, -0.1) is 5.10 Å². The van der Waals surface area contributed by atoms with Gasteiger partial charge >= 0.3 is 0 Å². The van der Waals surface area contributed by atoms with E-state index in [0.29, 0.717) is 5.92 Å². The molecule has 0 spiro atoms. The summed E-state index contributed by atoms with van der Waals surface area (Å²) in [4.78, 5) is 27.1. The van der Waals surface area contributed by atoms with Crippen molar-refractivity contribution >= 4 is 11.8 Å². The third-order valence-corrected chi connectivity index (χ3v) is 5.10. The standard InChI is InChI=1S/C18H28FN5O3/c1-18(2,3)15(24-10-13(21-22-24)11-4-5-11)17(27)23-9-12(25)8-14(23)16(26)20-7-6-19/h10-12,14-15,25H,4-9H2,1-3H3,(H,20,26)/t12?,14?,15-/m1/s1. The zero-order valence-electron chi connectivity index (χ0n) is 16.1. The van der Waals surface area contributed by atoms with Gasteiger partial charge in [-0.3, -0.25) is 9.59 Å². The smallest absolute Gasteiger partial charge is 0.248 e. The Morgan fingerprint density at radius 2 is 2.11 bits per heavy atom. The maximum Gasteiger partial charge on any atom is 0.248 e. The first-order chi connectivity index (χ1) is 12.7. The van der Waals surface area contributed by atoms with Gasteiger partial charge in [-0.05, 0) is 18.3 Å². The average Bonchev–Trinajstić information content (AvgIpc) is 3.20. The third kappa shape index (κ3) is 4.28. The molecule has 1 aromatic heterocycles. The molecule has 3 rings (SSSR count). The number of alkyl halides is 1. The third-order valence-electron chi connectivity index (χ3n) is 5.10. The number of nitrogens with one attached hydrogen (secondary N) is 1. The summed E-state index contributed by atoms with van der Waals surface area (Å²) in [6, 6.07) is -1.46. The number of rotatable bonds is 6. The van der Waals surface area contributed by atoms with Crippen LogP contribution in [0.5, 0.6) is 0 Å². The normalized spacial score (nSPS) is 24.1. The van der Waals surface area contributed by atoms with Crippen LogP contribution in [0.3, 0.4) is 0 Å². The molecule has 9 heteroatoms. The topological polar surface area (TPSA) is 100 Å². The summed E-state index contributed by atoms with van der Waals surface area (Å²) in [5, 5.41) is 20.9. The Morgan fingerprint density at radius 1 is 1.41 bits per heavy atom. The second kappa shape index (κ2) is 7.53. The highest BCUT2D eigenvalue weighted by Crippen LogP contribution is 2.40. The quantitative estimate of drug-likeness (QED) is 0.759. The summed E-state index contributed by atoms with van der Waals surface area (Å²) in [6.45, 7) is 5.08. The minimum absolute atomic E-state index is 0.0727. The van der Waals surface area contributed by atoms with Gasteiger partial charge in [0, 0.05) is 31.6 Å². The number of carbonyl (C=O) groups excluding carboxylic acids is 2. The van der Waals surface area contributed by atoms with Crippen molar-refractivity contribution in [2.45, 2.75) is 64.1 Å². The molecule has 3 atom stereocenters. The van der Waals surface area contributed by atoms with Crippen molar-refractivity contribution in [3.8, 4) is 0 Å². The Kier molecular flexibility index (Phi) is 5.50. The van der Waals surface area contributed by atoms with Crippen molar-refractivity contribution in [2.24, 2.45) is 5.41 Å². The van der Waals surface area contributed by atoms with Gasteiger partial charge in [0.1, 0.15) is 18.8 Å². The van der Waals surface area contributed by atoms with E-state index in [4.69, 9.17) is 0 Å². The van der Waals surface area contributed by atoms with Crippen molar-refractivity contribution in [3.63, 3.8) is 0 Å². The van der Waals surface area contributed by atoms with Crippen LogP contribution in [0.4, 0.5) is 4.39 Å². The maximum absolute atomic E-state index is 13.4. The fourth-order valence-electron chi connectivity index (χ4n) is 3.61. The number of halogens is 1. The van der Waals surface area contributed by atoms with E-state index in [2.05, 4.69) is 15.6 Å². The summed E-state index contributed by atoms with van der Waals surface area (Å²) in [5.74, 6) is -0.309. The fraction of sp³-hybridized carbons (Fsp3) is 0.778. The monoisotopic (exact) mass is 381 g/mol. The summed E-state index contributed by atoms with van der Waals surface area (Å²) in [5.41, 5.74) is 0.412. The zero-order chi connectivity index (χ0) is 19.8. The van der Waals surface area contributed by atoms with Crippen molar-refractivity contribution in [1.29, 1.82) is 0 Å². The second-order valence-corrected chi connectivity index (χ2v) is 8.54. The molecule has 1 saturated heterocycles. The van der Waals surface area contributed by atoms with Gasteiger partial charge in [0.05, 0.1) is 11.8 Å². The average molecular weight is 381 g/mol. The summed E-state index contributed by atoms with van der Waals surface area (Å²) < 4.78 is 14.0. The number of amides is 2. The van der Waals surface area contributed by atoms with Crippen LogP contribution in [-0.4, -0.2) is 68.7 Å². The second-order valence-electron chi connectivity index (χ2n) is 8.54. The van der Waals surface area contributed by atoms with E-state index in [1.54, 1.807) is 4.68 Å². The van der Waals surface area contributed by atoms with Crippen LogP contribution in [0.1, 0.15) is 57.7 Å². The van der Waals surface area contributed by atoms with Crippen molar-refractivity contribution < 1.29 is 19.1 Å². The number of β-amino-alcohol motifs (C(OH)–C–C–N with tert-alkyl or cyclic N) is 1. The lowest BCUT2D eigenvalue weighted by Crippen LogP contribution is -2.50. The minimum atomic E-state index is -0.810. The van der Waals surface area contributed by atoms with E-state index in [-0.39, 0.29) is 25.4 Å². The highest BCUT2D eigenvalue weighted by Gasteiger charge is 2.45. The van der Waals surface area contributed by atoms with Crippen LogP contribution in [0.25, 0.3) is 0 Å². The lowest BCUT2D eigenvalue weighted by molar-refractivity contribution is -0.144. The predicted octanol–water partition coefficient (Wildman–Crippen LogP) is 0.790. The van der Waals surface area contributed by atoms with E-state index < -0.39 is 36.2 Å². The number of hydrogen-bond donors (Lipinski definition) is 2. The Bertz CT molecular complexity index is 697.